The topological polar surface area (TPSA) is 50.4 Å². The van der Waals surface area contributed by atoms with E-state index < -0.39 is 5.60 Å². The second-order valence-corrected chi connectivity index (χ2v) is 6.94. The summed E-state index contributed by atoms with van der Waals surface area (Å²) in [6.07, 6.45) is 4.29. The highest BCUT2D eigenvalue weighted by atomic mass is 16.6. The van der Waals surface area contributed by atoms with Gasteiger partial charge < -0.3 is 15.4 Å². The van der Waals surface area contributed by atoms with Crippen molar-refractivity contribution in [2.75, 3.05) is 6.54 Å². The van der Waals surface area contributed by atoms with Crippen LogP contribution in [0.15, 0.2) is 0 Å². The summed E-state index contributed by atoms with van der Waals surface area (Å²) in [6, 6.07) is 0.541. The zero-order chi connectivity index (χ0) is 14.5. The van der Waals surface area contributed by atoms with Crippen molar-refractivity contribution in [2.24, 2.45) is 5.92 Å². The van der Waals surface area contributed by atoms with Gasteiger partial charge in [-0.3, -0.25) is 0 Å². The minimum atomic E-state index is -0.438. The SMILES string of the molecule is CC(C)CC(NC(=O)OC(C)(C)C)C1CCCCN1. The lowest BCUT2D eigenvalue weighted by Gasteiger charge is -2.33. The lowest BCUT2D eigenvalue weighted by atomic mass is 9.92. The minimum Gasteiger partial charge on any atom is -0.444 e. The molecule has 1 rings (SSSR count). The Labute approximate surface area is 117 Å². The van der Waals surface area contributed by atoms with E-state index in [0.717, 1.165) is 19.4 Å². The van der Waals surface area contributed by atoms with E-state index in [9.17, 15) is 4.79 Å². The van der Waals surface area contributed by atoms with Gasteiger partial charge in [0.2, 0.25) is 0 Å². The summed E-state index contributed by atoms with van der Waals surface area (Å²) >= 11 is 0. The second-order valence-electron chi connectivity index (χ2n) is 6.94. The van der Waals surface area contributed by atoms with Crippen molar-refractivity contribution < 1.29 is 9.53 Å². The molecule has 1 amide bonds. The number of carbonyl (C=O) groups is 1. The number of ether oxygens (including phenoxy) is 1. The van der Waals surface area contributed by atoms with E-state index in [1.807, 2.05) is 20.8 Å². The van der Waals surface area contributed by atoms with Gasteiger partial charge in [-0.25, -0.2) is 4.79 Å². The van der Waals surface area contributed by atoms with Crippen molar-refractivity contribution >= 4 is 6.09 Å². The molecule has 0 spiro atoms. The standard InChI is InChI=1S/C15H30N2O2/c1-11(2)10-13(12-8-6-7-9-16-12)17-14(18)19-15(3,4)5/h11-13,16H,6-10H2,1-5H3,(H,17,18). The van der Waals surface area contributed by atoms with Crippen LogP contribution in [0.25, 0.3) is 0 Å². The molecule has 2 unspecified atom stereocenters. The molecule has 2 atom stereocenters. The zero-order valence-electron chi connectivity index (χ0n) is 13.1. The highest BCUT2D eigenvalue weighted by Crippen LogP contribution is 2.17. The first-order valence-electron chi connectivity index (χ1n) is 7.51. The molecule has 0 aromatic heterocycles. The number of amides is 1. The molecule has 2 N–H and O–H groups in total. The lowest BCUT2D eigenvalue weighted by Crippen LogP contribution is -2.53. The number of rotatable bonds is 4. The second kappa shape index (κ2) is 7.13. The summed E-state index contributed by atoms with van der Waals surface area (Å²) in [7, 11) is 0. The molecule has 0 radical (unpaired) electrons. The molecular weight excluding hydrogens is 240 g/mol. The molecular formula is C15H30N2O2. The van der Waals surface area contributed by atoms with Gasteiger partial charge >= 0.3 is 6.09 Å². The molecule has 0 saturated carbocycles. The number of nitrogens with one attached hydrogen (secondary N) is 2. The number of alkyl carbamates (subject to hydrolysis) is 1. The molecule has 0 aromatic carbocycles. The first kappa shape index (κ1) is 16.3. The van der Waals surface area contributed by atoms with Crippen LogP contribution in [0.1, 0.15) is 60.3 Å². The van der Waals surface area contributed by atoms with Gasteiger partial charge in [-0.05, 0) is 52.5 Å². The fraction of sp³-hybridized carbons (Fsp3) is 0.933. The highest BCUT2D eigenvalue weighted by molar-refractivity contribution is 5.68. The van der Waals surface area contributed by atoms with E-state index in [2.05, 4.69) is 24.5 Å². The van der Waals surface area contributed by atoms with Gasteiger partial charge in [0.25, 0.3) is 0 Å². The van der Waals surface area contributed by atoms with Crippen LogP contribution < -0.4 is 10.6 Å². The van der Waals surface area contributed by atoms with Crippen LogP contribution in [-0.2, 0) is 4.74 Å². The van der Waals surface area contributed by atoms with Crippen molar-refractivity contribution in [1.29, 1.82) is 0 Å². The van der Waals surface area contributed by atoms with Gasteiger partial charge in [-0.2, -0.15) is 0 Å². The summed E-state index contributed by atoms with van der Waals surface area (Å²) in [6.45, 7) is 11.1. The van der Waals surface area contributed by atoms with E-state index in [1.54, 1.807) is 0 Å². The van der Waals surface area contributed by atoms with E-state index in [-0.39, 0.29) is 12.1 Å². The minimum absolute atomic E-state index is 0.162. The smallest absolute Gasteiger partial charge is 0.407 e. The van der Waals surface area contributed by atoms with E-state index in [4.69, 9.17) is 4.74 Å². The number of hydrogen-bond acceptors (Lipinski definition) is 3. The molecule has 0 aliphatic carbocycles. The molecule has 19 heavy (non-hydrogen) atoms. The van der Waals surface area contributed by atoms with Crippen LogP contribution in [-0.4, -0.2) is 30.3 Å². The van der Waals surface area contributed by atoms with Crippen LogP contribution in [0.5, 0.6) is 0 Å². The maximum atomic E-state index is 11.9. The Morgan fingerprint density at radius 3 is 2.53 bits per heavy atom. The van der Waals surface area contributed by atoms with Gasteiger partial charge in [0, 0.05) is 12.1 Å². The molecule has 1 fully saturated rings. The van der Waals surface area contributed by atoms with Crippen molar-refractivity contribution in [3.05, 3.63) is 0 Å². The first-order chi connectivity index (χ1) is 8.78. The van der Waals surface area contributed by atoms with E-state index in [0.29, 0.717) is 12.0 Å². The van der Waals surface area contributed by atoms with Crippen LogP contribution in [0.2, 0.25) is 0 Å². The Hall–Kier alpha value is -0.770. The van der Waals surface area contributed by atoms with Crippen LogP contribution >= 0.6 is 0 Å². The number of piperidine rings is 1. The van der Waals surface area contributed by atoms with Crippen LogP contribution in [0.3, 0.4) is 0 Å². The summed E-state index contributed by atoms with van der Waals surface area (Å²) in [5.74, 6) is 0.559. The van der Waals surface area contributed by atoms with Crippen molar-refractivity contribution in [1.82, 2.24) is 10.6 Å². The van der Waals surface area contributed by atoms with E-state index >= 15 is 0 Å². The molecule has 1 saturated heterocycles. The molecule has 1 aliphatic rings. The Kier molecular flexibility index (Phi) is 6.11. The molecule has 1 heterocycles. The largest absolute Gasteiger partial charge is 0.444 e. The quantitative estimate of drug-likeness (QED) is 0.825. The third-order valence-electron chi connectivity index (χ3n) is 3.26. The zero-order valence-corrected chi connectivity index (χ0v) is 13.1. The van der Waals surface area contributed by atoms with Crippen LogP contribution in [0, 0.1) is 5.92 Å². The third-order valence-corrected chi connectivity index (χ3v) is 3.26. The normalized spacial score (nSPS) is 22.1. The van der Waals surface area contributed by atoms with Crippen molar-refractivity contribution in [3.63, 3.8) is 0 Å². The van der Waals surface area contributed by atoms with Crippen molar-refractivity contribution in [2.45, 2.75) is 78.0 Å². The predicted octanol–water partition coefficient (Wildman–Crippen LogP) is 3.07. The Balaban J connectivity index is 2.55. The predicted molar refractivity (Wildman–Crippen MR) is 78.3 cm³/mol. The molecule has 112 valence electrons. The molecule has 0 bridgehead atoms. The van der Waals surface area contributed by atoms with Gasteiger partial charge in [0.15, 0.2) is 0 Å². The number of hydrogen-bond donors (Lipinski definition) is 2. The van der Waals surface area contributed by atoms with Gasteiger partial charge in [0.05, 0.1) is 0 Å². The maximum absolute atomic E-state index is 11.9. The van der Waals surface area contributed by atoms with E-state index in [1.165, 1.54) is 12.8 Å². The van der Waals surface area contributed by atoms with Crippen molar-refractivity contribution in [3.8, 4) is 0 Å². The van der Waals surface area contributed by atoms with Gasteiger partial charge in [-0.15, -0.1) is 0 Å². The van der Waals surface area contributed by atoms with Crippen LogP contribution in [0.4, 0.5) is 4.79 Å². The average Bonchev–Trinajstić information content (AvgIpc) is 2.26. The first-order valence-corrected chi connectivity index (χ1v) is 7.51. The molecule has 4 nitrogen and oxygen atoms in total. The monoisotopic (exact) mass is 270 g/mol. The fourth-order valence-corrected chi connectivity index (χ4v) is 2.51. The average molecular weight is 270 g/mol. The summed E-state index contributed by atoms with van der Waals surface area (Å²) in [5, 5.41) is 6.57. The fourth-order valence-electron chi connectivity index (χ4n) is 2.51. The Morgan fingerprint density at radius 1 is 1.37 bits per heavy atom. The Bertz CT molecular complexity index is 278. The summed E-state index contributed by atoms with van der Waals surface area (Å²) < 4.78 is 5.36. The third kappa shape index (κ3) is 6.81. The van der Waals surface area contributed by atoms with Gasteiger partial charge in [0.1, 0.15) is 5.60 Å². The maximum Gasteiger partial charge on any atom is 0.407 e. The molecule has 1 aliphatic heterocycles. The summed E-state index contributed by atoms with van der Waals surface area (Å²) in [4.78, 5) is 11.9. The molecule has 0 aromatic rings. The number of carbonyl (C=O) groups excluding carboxylic acids is 1. The van der Waals surface area contributed by atoms with Gasteiger partial charge in [-0.1, -0.05) is 20.3 Å². The lowest BCUT2D eigenvalue weighted by molar-refractivity contribution is 0.0480. The highest BCUT2D eigenvalue weighted by Gasteiger charge is 2.27. The summed E-state index contributed by atoms with van der Waals surface area (Å²) in [5.41, 5.74) is -0.438. The molecule has 4 heteroatoms. The Morgan fingerprint density at radius 2 is 2.05 bits per heavy atom.